The third-order valence-electron chi connectivity index (χ3n) is 4.42. The van der Waals surface area contributed by atoms with Crippen molar-refractivity contribution >= 4 is 11.6 Å². The molecule has 102 valence electrons. The van der Waals surface area contributed by atoms with Crippen molar-refractivity contribution in [1.82, 2.24) is 9.55 Å². The highest BCUT2D eigenvalue weighted by Gasteiger charge is 2.49. The normalized spacial score (nSPS) is 30.2. The van der Waals surface area contributed by atoms with Gasteiger partial charge in [-0.2, -0.15) is 0 Å². The second kappa shape index (κ2) is 3.73. The number of allylic oxidation sites excluding steroid dienone is 2. The Morgan fingerprint density at radius 3 is 2.95 bits per heavy atom. The van der Waals surface area contributed by atoms with Crippen LogP contribution in [-0.2, 0) is 4.74 Å². The lowest BCUT2D eigenvalue weighted by atomic mass is 9.80. The van der Waals surface area contributed by atoms with Crippen molar-refractivity contribution in [2.24, 2.45) is 0 Å². The molecule has 1 aliphatic carbocycles. The maximum absolute atomic E-state index is 5.67. The second-order valence-corrected chi connectivity index (χ2v) is 5.53. The first-order chi connectivity index (χ1) is 9.69. The van der Waals surface area contributed by atoms with Crippen LogP contribution in [0.3, 0.4) is 0 Å². The maximum Gasteiger partial charge on any atom is 0.215 e. The van der Waals surface area contributed by atoms with Crippen LogP contribution in [0.4, 0.5) is 5.95 Å². The minimum atomic E-state index is -0.248. The molecule has 3 aliphatic rings. The van der Waals surface area contributed by atoms with E-state index in [0.29, 0.717) is 0 Å². The molecule has 0 amide bonds. The van der Waals surface area contributed by atoms with Gasteiger partial charge in [0.05, 0.1) is 5.70 Å². The minimum absolute atomic E-state index is 0.0464. The van der Waals surface area contributed by atoms with Gasteiger partial charge in [0.2, 0.25) is 5.95 Å². The standard InChI is InChI=1S/C16H17N3O/c1-11-10-16-6-4-5-8-19(16)15-17-7-9-18(15)14(16)12(2)13(11)20-3/h4-10,13H,1-3H3. The molecule has 20 heavy (non-hydrogen) atoms. The van der Waals surface area contributed by atoms with Gasteiger partial charge in [-0.3, -0.25) is 9.47 Å². The van der Waals surface area contributed by atoms with E-state index in [4.69, 9.17) is 4.74 Å². The number of fused-ring (bicyclic) bond motifs is 3. The van der Waals surface area contributed by atoms with Crippen molar-refractivity contribution in [1.29, 1.82) is 0 Å². The Labute approximate surface area is 118 Å². The molecular formula is C16H17N3O. The van der Waals surface area contributed by atoms with E-state index in [9.17, 15) is 0 Å². The van der Waals surface area contributed by atoms with Crippen molar-refractivity contribution < 1.29 is 4.74 Å². The van der Waals surface area contributed by atoms with Crippen molar-refractivity contribution in [2.75, 3.05) is 12.0 Å². The van der Waals surface area contributed by atoms with Gasteiger partial charge in [0.15, 0.2) is 0 Å². The number of aromatic nitrogens is 2. The molecule has 2 unspecified atom stereocenters. The summed E-state index contributed by atoms with van der Waals surface area (Å²) in [5.41, 5.74) is 3.48. The Morgan fingerprint density at radius 1 is 1.30 bits per heavy atom. The van der Waals surface area contributed by atoms with Gasteiger partial charge in [-0.25, -0.2) is 4.98 Å². The molecule has 2 atom stereocenters. The number of ether oxygens (including phenoxy) is 1. The van der Waals surface area contributed by atoms with Crippen molar-refractivity contribution in [3.05, 3.63) is 54.0 Å². The molecule has 1 aromatic heterocycles. The monoisotopic (exact) mass is 267 g/mol. The molecule has 4 heteroatoms. The first kappa shape index (κ1) is 11.7. The third kappa shape index (κ3) is 1.18. The molecule has 0 radical (unpaired) electrons. The summed E-state index contributed by atoms with van der Waals surface area (Å²) < 4.78 is 7.84. The first-order valence-electron chi connectivity index (χ1n) is 6.81. The summed E-state index contributed by atoms with van der Waals surface area (Å²) in [4.78, 5) is 6.73. The summed E-state index contributed by atoms with van der Waals surface area (Å²) in [5, 5.41) is 0. The molecule has 0 aromatic carbocycles. The molecule has 4 rings (SSSR count). The highest BCUT2D eigenvalue weighted by Crippen LogP contribution is 2.50. The number of rotatable bonds is 1. The number of nitrogens with zero attached hydrogens (tertiary/aromatic N) is 3. The zero-order chi connectivity index (χ0) is 13.9. The average Bonchev–Trinajstić information content (AvgIpc) is 2.96. The predicted octanol–water partition coefficient (Wildman–Crippen LogP) is 2.73. The van der Waals surface area contributed by atoms with Crippen molar-refractivity contribution in [3.8, 4) is 0 Å². The van der Waals surface area contributed by atoms with Gasteiger partial charge in [0.25, 0.3) is 0 Å². The van der Waals surface area contributed by atoms with Crippen molar-refractivity contribution in [3.63, 3.8) is 0 Å². The summed E-state index contributed by atoms with van der Waals surface area (Å²) >= 11 is 0. The zero-order valence-electron chi connectivity index (χ0n) is 11.9. The van der Waals surface area contributed by atoms with Crippen LogP contribution in [0, 0.1) is 0 Å². The minimum Gasteiger partial charge on any atom is -0.373 e. The van der Waals surface area contributed by atoms with Crippen LogP contribution < -0.4 is 4.90 Å². The van der Waals surface area contributed by atoms with Gasteiger partial charge in [-0.05, 0) is 43.2 Å². The number of methoxy groups -OCH3 is 1. The molecule has 4 nitrogen and oxygen atoms in total. The van der Waals surface area contributed by atoms with Crippen molar-refractivity contribution in [2.45, 2.75) is 25.5 Å². The zero-order valence-corrected chi connectivity index (χ0v) is 11.9. The highest BCUT2D eigenvalue weighted by molar-refractivity contribution is 5.84. The van der Waals surface area contributed by atoms with E-state index in [-0.39, 0.29) is 11.6 Å². The van der Waals surface area contributed by atoms with E-state index in [2.05, 4.69) is 52.7 Å². The van der Waals surface area contributed by atoms with E-state index in [0.717, 1.165) is 5.95 Å². The predicted molar refractivity (Wildman–Crippen MR) is 79.2 cm³/mol. The van der Waals surface area contributed by atoms with Gasteiger partial charge < -0.3 is 4.74 Å². The average molecular weight is 267 g/mol. The first-order valence-corrected chi connectivity index (χ1v) is 6.81. The largest absolute Gasteiger partial charge is 0.373 e. The lowest BCUT2D eigenvalue weighted by Crippen LogP contribution is -2.44. The van der Waals surface area contributed by atoms with Gasteiger partial charge in [-0.15, -0.1) is 0 Å². The van der Waals surface area contributed by atoms with Crippen LogP contribution in [0.15, 0.2) is 54.0 Å². The van der Waals surface area contributed by atoms with E-state index in [1.54, 1.807) is 7.11 Å². The molecular weight excluding hydrogens is 250 g/mol. The summed E-state index contributed by atoms with van der Waals surface area (Å²) in [6, 6.07) is 0. The van der Waals surface area contributed by atoms with Gasteiger partial charge in [0.1, 0.15) is 11.6 Å². The number of imidazole rings is 1. The molecule has 0 fully saturated rings. The molecule has 1 aromatic rings. The van der Waals surface area contributed by atoms with E-state index in [1.165, 1.54) is 16.8 Å². The fraction of sp³-hybridized carbons (Fsp3) is 0.312. The van der Waals surface area contributed by atoms with Gasteiger partial charge >= 0.3 is 0 Å². The van der Waals surface area contributed by atoms with E-state index >= 15 is 0 Å². The Balaban J connectivity index is 2.05. The van der Waals surface area contributed by atoms with Gasteiger partial charge in [0, 0.05) is 25.7 Å². The van der Waals surface area contributed by atoms with Crippen LogP contribution in [0.25, 0.3) is 5.70 Å². The molecule has 3 heterocycles. The SMILES string of the molecule is COC1C(C)=CC23C=CC=CN2c2nccn2C3=C1C. The molecule has 1 spiro atoms. The topological polar surface area (TPSA) is 30.3 Å². The van der Waals surface area contributed by atoms with E-state index in [1.807, 2.05) is 18.5 Å². The maximum atomic E-state index is 5.67. The Morgan fingerprint density at radius 2 is 2.15 bits per heavy atom. The van der Waals surface area contributed by atoms with Crippen LogP contribution >= 0.6 is 0 Å². The number of hydrogen-bond donors (Lipinski definition) is 0. The fourth-order valence-corrected chi connectivity index (χ4v) is 3.75. The number of hydrogen-bond acceptors (Lipinski definition) is 3. The Kier molecular flexibility index (Phi) is 2.19. The molecule has 0 N–H and O–H groups in total. The smallest absolute Gasteiger partial charge is 0.215 e. The van der Waals surface area contributed by atoms with Gasteiger partial charge in [-0.1, -0.05) is 6.08 Å². The van der Waals surface area contributed by atoms with Crippen LogP contribution in [0.1, 0.15) is 13.8 Å². The van der Waals surface area contributed by atoms with Crippen LogP contribution in [-0.4, -0.2) is 28.3 Å². The Hall–Kier alpha value is -2.07. The summed E-state index contributed by atoms with van der Waals surface area (Å²) in [6.07, 6.45) is 14.7. The number of anilines is 1. The lowest BCUT2D eigenvalue weighted by Gasteiger charge is -2.39. The molecule has 0 saturated carbocycles. The van der Waals surface area contributed by atoms with Crippen LogP contribution in [0.2, 0.25) is 0 Å². The molecule has 0 saturated heterocycles. The summed E-state index contributed by atoms with van der Waals surface area (Å²) in [5.74, 6) is 0.959. The highest BCUT2D eigenvalue weighted by atomic mass is 16.5. The van der Waals surface area contributed by atoms with Crippen LogP contribution in [0.5, 0.6) is 0 Å². The second-order valence-electron chi connectivity index (χ2n) is 5.53. The Bertz CT molecular complexity index is 707. The van der Waals surface area contributed by atoms with E-state index < -0.39 is 0 Å². The third-order valence-corrected chi connectivity index (χ3v) is 4.42. The summed E-state index contributed by atoms with van der Waals surface area (Å²) in [6.45, 7) is 4.29. The quantitative estimate of drug-likeness (QED) is 0.733. The fourth-order valence-electron chi connectivity index (χ4n) is 3.75. The summed E-state index contributed by atoms with van der Waals surface area (Å²) in [7, 11) is 1.77. The molecule has 0 bridgehead atoms. The lowest BCUT2D eigenvalue weighted by molar-refractivity contribution is 0.157. The molecule has 2 aliphatic heterocycles.